The summed E-state index contributed by atoms with van der Waals surface area (Å²) in [7, 11) is 2.09. The fourth-order valence-corrected chi connectivity index (χ4v) is 4.74. The Kier molecular flexibility index (Phi) is 5.02. The molecule has 0 radical (unpaired) electrons. The summed E-state index contributed by atoms with van der Waals surface area (Å²) >= 11 is 0. The highest BCUT2D eigenvalue weighted by molar-refractivity contribution is 5.73. The van der Waals surface area contributed by atoms with E-state index in [0.717, 1.165) is 29.2 Å². The average Bonchev–Trinajstić information content (AvgIpc) is 3.41. The highest BCUT2D eigenvalue weighted by Gasteiger charge is 2.33. The summed E-state index contributed by atoms with van der Waals surface area (Å²) in [5.41, 5.74) is 4.25. The normalized spacial score (nSPS) is 27.1. The number of rotatable bonds is 4. The van der Waals surface area contributed by atoms with Crippen LogP contribution in [0.1, 0.15) is 76.7 Å². The Balaban J connectivity index is 1.60. The Morgan fingerprint density at radius 2 is 2.00 bits per heavy atom. The van der Waals surface area contributed by atoms with E-state index >= 15 is 0 Å². The molecule has 1 aliphatic carbocycles. The van der Waals surface area contributed by atoms with Crippen molar-refractivity contribution in [3.05, 3.63) is 23.7 Å². The largest absolute Gasteiger partial charge is 0.395 e. The molecule has 0 aromatic carbocycles. The van der Waals surface area contributed by atoms with E-state index in [0.29, 0.717) is 5.92 Å². The fourth-order valence-electron chi connectivity index (χ4n) is 4.74. The van der Waals surface area contributed by atoms with Crippen LogP contribution in [0.25, 0.3) is 11.2 Å². The zero-order valence-electron chi connectivity index (χ0n) is 17.2. The third kappa shape index (κ3) is 3.90. The van der Waals surface area contributed by atoms with Gasteiger partial charge in [0.05, 0.1) is 24.5 Å². The minimum Gasteiger partial charge on any atom is -0.395 e. The Morgan fingerprint density at radius 3 is 2.67 bits per heavy atom. The van der Waals surface area contributed by atoms with Crippen molar-refractivity contribution < 1.29 is 5.11 Å². The van der Waals surface area contributed by atoms with Gasteiger partial charge in [-0.1, -0.05) is 40.0 Å². The maximum absolute atomic E-state index is 9.99. The van der Waals surface area contributed by atoms with Crippen molar-refractivity contribution in [2.24, 2.45) is 18.9 Å². The maximum Gasteiger partial charge on any atom is 0.158 e. The average molecular weight is 371 g/mol. The van der Waals surface area contributed by atoms with Crippen molar-refractivity contribution in [3.63, 3.8) is 0 Å². The monoisotopic (exact) mass is 370 g/mol. The SMILES string of the molecule is Cn1c(C(C)(C)C)cc2ncc([C@@H]3CCC[C@@H](CC4CC4)[C@H](CO)N3)nc21. The molecule has 148 valence electrons. The van der Waals surface area contributed by atoms with Crippen LogP contribution in [0.15, 0.2) is 12.3 Å². The van der Waals surface area contributed by atoms with Gasteiger partial charge in [0.1, 0.15) is 5.52 Å². The molecule has 0 spiro atoms. The van der Waals surface area contributed by atoms with Crippen molar-refractivity contribution in [1.29, 1.82) is 0 Å². The van der Waals surface area contributed by atoms with Crippen molar-refractivity contribution in [2.75, 3.05) is 6.61 Å². The van der Waals surface area contributed by atoms with Crippen molar-refractivity contribution in [1.82, 2.24) is 19.9 Å². The van der Waals surface area contributed by atoms with Gasteiger partial charge >= 0.3 is 0 Å². The highest BCUT2D eigenvalue weighted by atomic mass is 16.3. The van der Waals surface area contributed by atoms with Gasteiger partial charge in [-0.25, -0.2) is 4.98 Å². The number of hydrogen-bond donors (Lipinski definition) is 2. The number of nitrogens with zero attached hydrogens (tertiary/aromatic N) is 3. The van der Waals surface area contributed by atoms with Gasteiger partial charge in [-0.2, -0.15) is 0 Å². The second-order valence-corrected chi connectivity index (χ2v) is 9.72. The molecule has 2 aromatic heterocycles. The lowest BCUT2D eigenvalue weighted by Gasteiger charge is -2.26. The minimum atomic E-state index is 0.0654. The highest BCUT2D eigenvalue weighted by Crippen LogP contribution is 2.39. The Morgan fingerprint density at radius 1 is 1.22 bits per heavy atom. The number of hydrogen-bond acceptors (Lipinski definition) is 4. The standard InChI is InChI=1S/C22H34N4O/c1-22(2,3)20-11-17-21(26(20)4)25-18(12-23-17)16-7-5-6-15(10-14-8-9-14)19(13-27)24-16/h11-12,14-16,19,24,27H,5-10,13H2,1-4H3/t15-,16-,19-/m0/s1. The van der Waals surface area contributed by atoms with Gasteiger partial charge in [-0.05, 0) is 37.2 Å². The molecule has 5 heteroatoms. The molecule has 2 fully saturated rings. The summed E-state index contributed by atoms with van der Waals surface area (Å²) in [5.74, 6) is 1.49. The Bertz CT molecular complexity index is 802. The molecule has 27 heavy (non-hydrogen) atoms. The molecular formula is C22H34N4O. The maximum atomic E-state index is 9.99. The number of aliphatic hydroxyl groups excluding tert-OH is 1. The third-order valence-corrected chi connectivity index (χ3v) is 6.46. The summed E-state index contributed by atoms with van der Waals surface area (Å²) in [6.07, 6.45) is 9.41. The predicted octanol–water partition coefficient (Wildman–Crippen LogP) is 3.86. The quantitative estimate of drug-likeness (QED) is 0.858. The van der Waals surface area contributed by atoms with Gasteiger partial charge in [-0.15, -0.1) is 0 Å². The molecule has 3 heterocycles. The molecule has 1 saturated carbocycles. The van der Waals surface area contributed by atoms with E-state index in [1.807, 2.05) is 6.20 Å². The molecular weight excluding hydrogens is 336 g/mol. The first kappa shape index (κ1) is 18.9. The molecule has 0 unspecified atom stereocenters. The molecule has 1 saturated heterocycles. The van der Waals surface area contributed by atoms with Crippen LogP contribution in [0, 0.1) is 11.8 Å². The van der Waals surface area contributed by atoms with Crippen LogP contribution in [0.4, 0.5) is 0 Å². The van der Waals surface area contributed by atoms with Crippen molar-refractivity contribution in [2.45, 2.75) is 76.8 Å². The summed E-state index contributed by atoms with van der Waals surface area (Å²) < 4.78 is 2.18. The molecule has 1 aliphatic heterocycles. The van der Waals surface area contributed by atoms with Gasteiger partial charge in [0.2, 0.25) is 0 Å². The minimum absolute atomic E-state index is 0.0654. The molecule has 2 aromatic rings. The molecule has 3 atom stereocenters. The topological polar surface area (TPSA) is 63.0 Å². The lowest BCUT2D eigenvalue weighted by atomic mass is 9.90. The van der Waals surface area contributed by atoms with Gasteiger partial charge in [0.25, 0.3) is 0 Å². The Hall–Kier alpha value is -1.46. The first-order valence-corrected chi connectivity index (χ1v) is 10.6. The smallest absolute Gasteiger partial charge is 0.158 e. The summed E-state index contributed by atoms with van der Waals surface area (Å²) in [6, 6.07) is 2.51. The first-order chi connectivity index (χ1) is 12.9. The zero-order chi connectivity index (χ0) is 19.2. The van der Waals surface area contributed by atoms with Crippen LogP contribution in [0.2, 0.25) is 0 Å². The molecule has 2 N–H and O–H groups in total. The zero-order valence-corrected chi connectivity index (χ0v) is 17.2. The van der Waals surface area contributed by atoms with Gasteiger partial charge in [-0.3, -0.25) is 4.98 Å². The van der Waals surface area contributed by atoms with Crippen LogP contribution in [-0.2, 0) is 12.5 Å². The van der Waals surface area contributed by atoms with Gasteiger partial charge in [0, 0.05) is 24.2 Å². The van der Waals surface area contributed by atoms with Gasteiger partial charge in [0.15, 0.2) is 5.65 Å². The number of fused-ring (bicyclic) bond motifs is 1. The van der Waals surface area contributed by atoms with Gasteiger partial charge < -0.3 is 15.0 Å². The summed E-state index contributed by atoms with van der Waals surface area (Å²) in [5, 5.41) is 13.7. The van der Waals surface area contributed by atoms with E-state index in [1.54, 1.807) is 0 Å². The van der Waals surface area contributed by atoms with E-state index in [9.17, 15) is 5.11 Å². The molecule has 5 nitrogen and oxygen atoms in total. The Labute approximate surface area is 162 Å². The number of nitrogens with one attached hydrogen (secondary N) is 1. The van der Waals surface area contributed by atoms with E-state index in [1.165, 1.54) is 37.8 Å². The molecule has 2 aliphatic rings. The molecule has 0 amide bonds. The van der Waals surface area contributed by atoms with E-state index in [-0.39, 0.29) is 24.1 Å². The van der Waals surface area contributed by atoms with Crippen molar-refractivity contribution >= 4 is 11.2 Å². The summed E-state index contributed by atoms with van der Waals surface area (Å²) in [6.45, 7) is 6.88. The lowest BCUT2D eigenvalue weighted by Crippen LogP contribution is -2.40. The fraction of sp³-hybridized carbons (Fsp3) is 0.727. The van der Waals surface area contributed by atoms with Crippen LogP contribution in [0.5, 0.6) is 0 Å². The van der Waals surface area contributed by atoms with Crippen LogP contribution in [-0.4, -0.2) is 32.3 Å². The van der Waals surface area contributed by atoms with E-state index in [2.05, 4.69) is 43.8 Å². The number of aryl methyl sites for hydroxylation is 1. The second kappa shape index (κ2) is 7.17. The number of aromatic nitrogens is 3. The number of aliphatic hydroxyl groups is 1. The van der Waals surface area contributed by atoms with Crippen LogP contribution >= 0.6 is 0 Å². The lowest BCUT2D eigenvalue weighted by molar-refractivity contribution is 0.183. The third-order valence-electron chi connectivity index (χ3n) is 6.46. The summed E-state index contributed by atoms with van der Waals surface area (Å²) in [4.78, 5) is 9.72. The van der Waals surface area contributed by atoms with E-state index < -0.39 is 0 Å². The second-order valence-electron chi connectivity index (χ2n) is 9.72. The predicted molar refractivity (Wildman–Crippen MR) is 109 cm³/mol. The van der Waals surface area contributed by atoms with Crippen LogP contribution < -0.4 is 5.32 Å². The first-order valence-electron chi connectivity index (χ1n) is 10.6. The van der Waals surface area contributed by atoms with Crippen molar-refractivity contribution in [3.8, 4) is 0 Å². The van der Waals surface area contributed by atoms with E-state index in [4.69, 9.17) is 9.97 Å². The molecule has 0 bridgehead atoms. The molecule has 4 rings (SSSR count). The van der Waals surface area contributed by atoms with Crippen LogP contribution in [0.3, 0.4) is 0 Å².